The minimum absolute atomic E-state index is 0.0279. The number of anilines is 1. The maximum atomic E-state index is 12.2. The van der Waals surface area contributed by atoms with E-state index in [0.717, 1.165) is 35.8 Å². The second kappa shape index (κ2) is 10.3. The molecule has 1 aromatic heterocycles. The Hall–Kier alpha value is -3.63. The number of hydrogen-bond donors (Lipinski definition) is 1. The Balaban J connectivity index is 1.53. The van der Waals surface area contributed by atoms with Gasteiger partial charge in [0.05, 0.1) is 5.69 Å². The molecular weight excluding hydrogens is 434 g/mol. The molecule has 33 heavy (non-hydrogen) atoms. The zero-order chi connectivity index (χ0) is 23.2. The molecule has 2 N–H and O–H groups in total. The van der Waals surface area contributed by atoms with Gasteiger partial charge in [0.2, 0.25) is 5.78 Å². The summed E-state index contributed by atoms with van der Waals surface area (Å²) in [5.41, 5.74) is 7.05. The van der Waals surface area contributed by atoms with E-state index < -0.39 is 5.91 Å². The third-order valence-corrected chi connectivity index (χ3v) is 6.61. The number of hydrogen-bond acceptors (Lipinski definition) is 6. The summed E-state index contributed by atoms with van der Waals surface area (Å²) in [6.45, 7) is 3.22. The van der Waals surface area contributed by atoms with Crippen molar-refractivity contribution in [1.82, 2.24) is 4.98 Å². The Labute approximate surface area is 197 Å². The highest BCUT2D eigenvalue weighted by Crippen LogP contribution is 2.36. The van der Waals surface area contributed by atoms with Gasteiger partial charge in [0.15, 0.2) is 5.13 Å². The highest BCUT2D eigenvalue weighted by atomic mass is 32.1. The van der Waals surface area contributed by atoms with Gasteiger partial charge < -0.3 is 15.4 Å². The molecule has 0 saturated carbocycles. The molecule has 1 aliphatic heterocycles. The van der Waals surface area contributed by atoms with Crippen LogP contribution < -0.4 is 15.4 Å². The van der Waals surface area contributed by atoms with Crippen molar-refractivity contribution >= 4 is 28.2 Å². The zero-order valence-corrected chi connectivity index (χ0v) is 19.2. The number of para-hydroxylation sites is 1. The molecule has 2 aromatic carbocycles. The highest BCUT2D eigenvalue weighted by molar-refractivity contribution is 7.18. The van der Waals surface area contributed by atoms with Gasteiger partial charge in [-0.15, -0.1) is 0 Å². The van der Waals surface area contributed by atoms with Crippen molar-refractivity contribution in [2.24, 2.45) is 11.7 Å². The number of ketones is 1. The molecule has 1 atom stereocenters. The summed E-state index contributed by atoms with van der Waals surface area (Å²) in [7, 11) is 0. The fourth-order valence-electron chi connectivity index (χ4n) is 3.97. The summed E-state index contributed by atoms with van der Waals surface area (Å²) in [6, 6.07) is 17.0. The van der Waals surface area contributed by atoms with E-state index in [2.05, 4.69) is 16.7 Å². The Morgan fingerprint density at radius 1 is 1.15 bits per heavy atom. The van der Waals surface area contributed by atoms with Crippen LogP contribution in [0.5, 0.6) is 11.5 Å². The van der Waals surface area contributed by atoms with E-state index in [1.165, 1.54) is 11.3 Å². The molecule has 0 bridgehead atoms. The monoisotopic (exact) mass is 459 g/mol. The van der Waals surface area contributed by atoms with Crippen LogP contribution in [-0.4, -0.2) is 29.8 Å². The van der Waals surface area contributed by atoms with Gasteiger partial charge in [-0.3, -0.25) is 9.59 Å². The molecule has 0 unspecified atom stereocenters. The van der Waals surface area contributed by atoms with Crippen LogP contribution >= 0.6 is 11.3 Å². The molecule has 1 saturated heterocycles. The number of piperidine rings is 1. The van der Waals surface area contributed by atoms with E-state index in [1.807, 2.05) is 54.6 Å². The van der Waals surface area contributed by atoms with E-state index >= 15 is 0 Å². The third-order valence-electron chi connectivity index (χ3n) is 5.47. The second-order valence-corrected chi connectivity index (χ2v) is 8.91. The summed E-state index contributed by atoms with van der Waals surface area (Å²) in [5.74, 6) is 6.45. The summed E-state index contributed by atoms with van der Waals surface area (Å²) in [4.78, 5) is 31.5. The van der Waals surface area contributed by atoms with E-state index in [4.69, 9.17) is 15.5 Å². The van der Waals surface area contributed by atoms with Crippen LogP contribution in [0, 0.1) is 17.8 Å². The first-order valence-electron chi connectivity index (χ1n) is 10.9. The van der Waals surface area contributed by atoms with Crippen LogP contribution in [0.3, 0.4) is 0 Å². The number of primary amides is 1. The molecule has 0 aliphatic carbocycles. The number of aromatic nitrogens is 1. The number of Topliss-reactive ketones (excluding diaryl/α,β-unsaturated/α-hetero) is 1. The first kappa shape index (κ1) is 22.6. The molecule has 6 nitrogen and oxygen atoms in total. The normalized spacial score (nSPS) is 15.4. The SMILES string of the molecule is CC#CC(=O)C[C@@H]1CCCN(c2nc(-c3ccc(Oc4ccccc4)cc3)c(C(N)=O)s2)C1. The number of carbonyl (C=O) groups excluding carboxylic acids is 2. The number of nitrogens with two attached hydrogens (primary N) is 1. The van der Waals surface area contributed by atoms with Gasteiger partial charge in [-0.05, 0) is 68.0 Å². The Bertz CT molecular complexity index is 1190. The molecule has 7 heteroatoms. The Morgan fingerprint density at radius 3 is 2.58 bits per heavy atom. The standard InChI is InChI=1S/C26H25N3O3S/c1-2-7-20(30)16-18-8-6-15-29(17-18)26-28-23(24(33-26)25(27)31)19-11-13-22(14-12-19)32-21-9-4-3-5-10-21/h3-5,9-14,18H,6,8,15-17H2,1H3,(H2,27,31)/t18-/m0/s1. The van der Waals surface area contributed by atoms with Gasteiger partial charge >= 0.3 is 0 Å². The van der Waals surface area contributed by atoms with Crippen LogP contribution in [0.25, 0.3) is 11.3 Å². The lowest BCUT2D eigenvalue weighted by molar-refractivity contribution is -0.114. The average Bonchev–Trinajstić information content (AvgIpc) is 3.27. The van der Waals surface area contributed by atoms with Crippen molar-refractivity contribution in [2.75, 3.05) is 18.0 Å². The van der Waals surface area contributed by atoms with E-state index in [1.54, 1.807) is 6.92 Å². The lowest BCUT2D eigenvalue weighted by Crippen LogP contribution is -2.36. The van der Waals surface area contributed by atoms with Gasteiger partial charge in [-0.2, -0.15) is 0 Å². The maximum absolute atomic E-state index is 12.2. The fourth-order valence-corrected chi connectivity index (χ4v) is 4.95. The van der Waals surface area contributed by atoms with E-state index in [9.17, 15) is 9.59 Å². The smallest absolute Gasteiger partial charge is 0.261 e. The molecule has 1 aliphatic rings. The number of carbonyl (C=O) groups is 2. The highest BCUT2D eigenvalue weighted by Gasteiger charge is 2.26. The molecule has 2 heterocycles. The number of rotatable bonds is 7. The van der Waals surface area contributed by atoms with Crippen molar-refractivity contribution in [3.63, 3.8) is 0 Å². The van der Waals surface area contributed by atoms with Gasteiger partial charge in [-0.25, -0.2) is 4.98 Å². The minimum atomic E-state index is -0.500. The largest absolute Gasteiger partial charge is 0.457 e. The number of benzene rings is 2. The summed E-state index contributed by atoms with van der Waals surface area (Å²) in [5, 5.41) is 0.752. The van der Waals surface area contributed by atoms with Crippen LogP contribution in [0.2, 0.25) is 0 Å². The third kappa shape index (κ3) is 5.60. The zero-order valence-electron chi connectivity index (χ0n) is 18.4. The summed E-state index contributed by atoms with van der Waals surface area (Å²) < 4.78 is 5.85. The van der Waals surface area contributed by atoms with Crippen molar-refractivity contribution in [3.05, 3.63) is 59.5 Å². The first-order chi connectivity index (χ1) is 16.0. The van der Waals surface area contributed by atoms with E-state index in [0.29, 0.717) is 29.3 Å². The molecule has 3 aromatic rings. The predicted molar refractivity (Wildman–Crippen MR) is 131 cm³/mol. The van der Waals surface area contributed by atoms with Crippen molar-refractivity contribution < 1.29 is 14.3 Å². The Morgan fingerprint density at radius 2 is 1.88 bits per heavy atom. The summed E-state index contributed by atoms with van der Waals surface area (Å²) >= 11 is 1.30. The number of nitrogens with zero attached hydrogens (tertiary/aromatic N) is 2. The van der Waals surface area contributed by atoms with Gasteiger partial charge in [0.1, 0.15) is 16.4 Å². The lowest BCUT2D eigenvalue weighted by atomic mass is 9.93. The predicted octanol–water partition coefficient (Wildman–Crippen LogP) is 4.90. The quantitative estimate of drug-likeness (QED) is 0.401. The molecular formula is C26H25N3O3S. The fraction of sp³-hybridized carbons (Fsp3) is 0.269. The topological polar surface area (TPSA) is 85.5 Å². The van der Waals surface area contributed by atoms with Gasteiger partial charge in [-0.1, -0.05) is 35.5 Å². The van der Waals surface area contributed by atoms with Crippen molar-refractivity contribution in [1.29, 1.82) is 0 Å². The number of thiazole rings is 1. The number of ether oxygens (including phenoxy) is 1. The Kier molecular flexibility index (Phi) is 7.06. The van der Waals surface area contributed by atoms with Crippen molar-refractivity contribution in [3.8, 4) is 34.6 Å². The molecule has 168 valence electrons. The van der Waals surface area contributed by atoms with Crippen LogP contribution in [0.1, 0.15) is 35.9 Å². The minimum Gasteiger partial charge on any atom is -0.457 e. The molecule has 0 radical (unpaired) electrons. The van der Waals surface area contributed by atoms with E-state index in [-0.39, 0.29) is 11.7 Å². The van der Waals surface area contributed by atoms with Crippen LogP contribution in [0.4, 0.5) is 5.13 Å². The lowest BCUT2D eigenvalue weighted by Gasteiger charge is -2.31. The first-order valence-corrected chi connectivity index (χ1v) is 11.7. The van der Waals surface area contributed by atoms with Crippen LogP contribution in [0.15, 0.2) is 54.6 Å². The molecule has 0 spiro atoms. The molecule has 4 rings (SSSR count). The van der Waals surface area contributed by atoms with Crippen molar-refractivity contribution in [2.45, 2.75) is 26.2 Å². The average molecular weight is 460 g/mol. The van der Waals surface area contributed by atoms with Gasteiger partial charge in [0, 0.05) is 25.1 Å². The second-order valence-electron chi connectivity index (χ2n) is 7.93. The number of amides is 1. The molecule has 1 amide bonds. The molecule has 1 fully saturated rings. The van der Waals surface area contributed by atoms with Crippen LogP contribution in [-0.2, 0) is 4.79 Å². The van der Waals surface area contributed by atoms with Gasteiger partial charge in [0.25, 0.3) is 5.91 Å². The summed E-state index contributed by atoms with van der Waals surface area (Å²) in [6.07, 6.45) is 2.39. The maximum Gasteiger partial charge on any atom is 0.261 e.